The van der Waals surface area contributed by atoms with Crippen molar-refractivity contribution in [3.63, 3.8) is 0 Å². The summed E-state index contributed by atoms with van der Waals surface area (Å²) in [4.78, 5) is 26.7. The number of furan rings is 1. The van der Waals surface area contributed by atoms with Crippen molar-refractivity contribution in [2.24, 2.45) is 0 Å². The van der Waals surface area contributed by atoms with E-state index in [-0.39, 0.29) is 17.9 Å². The SMILES string of the molecule is CCCCc1oc2ccccc2c1CN(C)C(=O)Cn1ncc(=O)c2ccccc21. The third-order valence-corrected chi connectivity index (χ3v) is 5.41. The normalized spacial score (nSPS) is 11.3. The van der Waals surface area contributed by atoms with Crippen LogP contribution in [0.15, 0.2) is 63.9 Å². The molecule has 0 saturated carbocycles. The minimum atomic E-state index is -0.145. The van der Waals surface area contributed by atoms with E-state index in [0.717, 1.165) is 41.6 Å². The number of likely N-dealkylation sites (N-methyl/N-ethyl adjacent to an activating group) is 1. The average molecular weight is 403 g/mol. The summed E-state index contributed by atoms with van der Waals surface area (Å²) < 4.78 is 7.67. The van der Waals surface area contributed by atoms with E-state index in [1.807, 2.05) is 42.5 Å². The van der Waals surface area contributed by atoms with Gasteiger partial charge in [-0.2, -0.15) is 5.10 Å². The van der Waals surface area contributed by atoms with E-state index >= 15 is 0 Å². The minimum absolute atomic E-state index is 0.0668. The van der Waals surface area contributed by atoms with E-state index in [1.165, 1.54) is 6.20 Å². The summed E-state index contributed by atoms with van der Waals surface area (Å²) in [7, 11) is 1.79. The van der Waals surface area contributed by atoms with Crippen molar-refractivity contribution in [3.05, 3.63) is 76.3 Å². The number of amides is 1. The lowest BCUT2D eigenvalue weighted by Gasteiger charge is -2.19. The van der Waals surface area contributed by atoms with E-state index in [2.05, 4.69) is 12.0 Å². The summed E-state index contributed by atoms with van der Waals surface area (Å²) >= 11 is 0. The van der Waals surface area contributed by atoms with E-state index in [1.54, 1.807) is 22.7 Å². The summed E-state index contributed by atoms with van der Waals surface area (Å²) in [6.07, 6.45) is 4.24. The molecule has 30 heavy (non-hydrogen) atoms. The highest BCUT2D eigenvalue weighted by molar-refractivity contribution is 5.84. The molecule has 0 radical (unpaired) electrons. The number of aryl methyl sites for hydroxylation is 1. The van der Waals surface area contributed by atoms with Crippen LogP contribution in [0.4, 0.5) is 0 Å². The Hall–Kier alpha value is -3.41. The van der Waals surface area contributed by atoms with Crippen molar-refractivity contribution in [1.82, 2.24) is 14.7 Å². The van der Waals surface area contributed by atoms with Crippen LogP contribution in [0.25, 0.3) is 21.9 Å². The predicted molar refractivity (Wildman–Crippen MR) is 117 cm³/mol. The van der Waals surface area contributed by atoms with Crippen LogP contribution in [0, 0.1) is 0 Å². The van der Waals surface area contributed by atoms with Gasteiger partial charge in [0.2, 0.25) is 11.3 Å². The lowest BCUT2D eigenvalue weighted by molar-refractivity contribution is -0.131. The van der Waals surface area contributed by atoms with Gasteiger partial charge in [-0.15, -0.1) is 0 Å². The van der Waals surface area contributed by atoms with Crippen LogP contribution in [0.5, 0.6) is 0 Å². The predicted octanol–water partition coefficient (Wildman–Crippen LogP) is 4.14. The maximum Gasteiger partial charge on any atom is 0.244 e. The molecule has 2 aromatic carbocycles. The smallest absolute Gasteiger partial charge is 0.244 e. The molecule has 4 aromatic rings. The van der Waals surface area contributed by atoms with Crippen molar-refractivity contribution in [2.75, 3.05) is 7.05 Å². The Morgan fingerprint density at radius 1 is 1.10 bits per heavy atom. The highest BCUT2D eigenvalue weighted by Gasteiger charge is 2.19. The summed E-state index contributed by atoms with van der Waals surface area (Å²) in [5, 5.41) is 5.78. The third kappa shape index (κ3) is 3.85. The second-order valence-electron chi connectivity index (χ2n) is 7.54. The number of carbonyl (C=O) groups excluding carboxylic acids is 1. The Morgan fingerprint density at radius 2 is 1.83 bits per heavy atom. The van der Waals surface area contributed by atoms with E-state index in [9.17, 15) is 9.59 Å². The number of aromatic nitrogens is 2. The zero-order chi connectivity index (χ0) is 21.1. The van der Waals surface area contributed by atoms with Gasteiger partial charge < -0.3 is 9.32 Å². The van der Waals surface area contributed by atoms with Gasteiger partial charge >= 0.3 is 0 Å². The molecule has 154 valence electrons. The highest BCUT2D eigenvalue weighted by Crippen LogP contribution is 2.28. The van der Waals surface area contributed by atoms with Crippen LogP contribution < -0.4 is 5.43 Å². The van der Waals surface area contributed by atoms with E-state index in [4.69, 9.17) is 4.42 Å². The molecular weight excluding hydrogens is 378 g/mol. The Morgan fingerprint density at radius 3 is 2.63 bits per heavy atom. The van der Waals surface area contributed by atoms with E-state index < -0.39 is 0 Å². The molecule has 0 aliphatic heterocycles. The van der Waals surface area contributed by atoms with Crippen molar-refractivity contribution in [2.45, 2.75) is 39.3 Å². The van der Waals surface area contributed by atoms with Gasteiger partial charge in [0.15, 0.2) is 0 Å². The van der Waals surface area contributed by atoms with Crippen molar-refractivity contribution in [3.8, 4) is 0 Å². The largest absolute Gasteiger partial charge is 0.461 e. The Bertz CT molecular complexity index is 1260. The Balaban J connectivity index is 1.59. The third-order valence-electron chi connectivity index (χ3n) is 5.41. The van der Waals surface area contributed by atoms with Crippen molar-refractivity contribution < 1.29 is 9.21 Å². The van der Waals surface area contributed by atoms with Crippen LogP contribution >= 0.6 is 0 Å². The summed E-state index contributed by atoms with van der Waals surface area (Å²) in [5.74, 6) is 0.868. The van der Waals surface area contributed by atoms with Gasteiger partial charge in [0, 0.05) is 36.3 Å². The van der Waals surface area contributed by atoms with Crippen LogP contribution in [0.3, 0.4) is 0 Å². The molecule has 2 aromatic heterocycles. The van der Waals surface area contributed by atoms with Crippen molar-refractivity contribution in [1.29, 1.82) is 0 Å². The molecular formula is C24H25N3O3. The molecule has 6 nitrogen and oxygen atoms in total. The number of unbranched alkanes of at least 4 members (excludes halogenated alkanes) is 1. The maximum atomic E-state index is 13.0. The number of hydrogen-bond donors (Lipinski definition) is 0. The molecule has 0 bridgehead atoms. The lowest BCUT2D eigenvalue weighted by atomic mass is 10.1. The fourth-order valence-corrected chi connectivity index (χ4v) is 3.72. The first-order chi connectivity index (χ1) is 14.6. The van der Waals surface area contributed by atoms with Crippen LogP contribution in [-0.4, -0.2) is 27.6 Å². The molecule has 1 amide bonds. The molecule has 2 heterocycles. The first kappa shape index (κ1) is 19.9. The second-order valence-corrected chi connectivity index (χ2v) is 7.54. The second kappa shape index (κ2) is 8.53. The highest BCUT2D eigenvalue weighted by atomic mass is 16.3. The summed E-state index contributed by atoms with van der Waals surface area (Å²) in [6.45, 7) is 2.68. The maximum absolute atomic E-state index is 13.0. The number of carbonyl (C=O) groups is 1. The number of para-hydroxylation sites is 2. The Labute approximate surface area is 174 Å². The molecule has 0 atom stereocenters. The van der Waals surface area contributed by atoms with Gasteiger partial charge in [-0.3, -0.25) is 14.3 Å². The molecule has 4 rings (SSSR count). The molecule has 0 spiro atoms. The number of hydrogen-bond acceptors (Lipinski definition) is 4. The molecule has 0 aliphatic carbocycles. The zero-order valence-corrected chi connectivity index (χ0v) is 17.3. The number of nitrogens with zero attached hydrogens (tertiary/aromatic N) is 3. The van der Waals surface area contributed by atoms with Crippen LogP contribution in [0.2, 0.25) is 0 Å². The fourth-order valence-electron chi connectivity index (χ4n) is 3.72. The first-order valence-corrected chi connectivity index (χ1v) is 10.3. The quantitative estimate of drug-likeness (QED) is 0.465. The topological polar surface area (TPSA) is 68.3 Å². The van der Waals surface area contributed by atoms with Crippen LogP contribution in [-0.2, 0) is 24.3 Å². The average Bonchev–Trinajstić information content (AvgIpc) is 3.11. The summed E-state index contributed by atoms with van der Waals surface area (Å²) in [5.41, 5.74) is 2.43. The zero-order valence-electron chi connectivity index (χ0n) is 17.3. The molecule has 0 aliphatic rings. The number of benzene rings is 2. The molecule has 6 heteroatoms. The Kier molecular flexibility index (Phi) is 5.65. The van der Waals surface area contributed by atoms with Gasteiger partial charge in [0.1, 0.15) is 17.9 Å². The number of fused-ring (bicyclic) bond motifs is 2. The van der Waals surface area contributed by atoms with Gasteiger partial charge in [-0.1, -0.05) is 43.7 Å². The molecule has 0 fully saturated rings. The van der Waals surface area contributed by atoms with E-state index in [0.29, 0.717) is 17.4 Å². The lowest BCUT2D eigenvalue weighted by Crippen LogP contribution is -2.31. The monoisotopic (exact) mass is 403 g/mol. The molecule has 0 N–H and O–H groups in total. The van der Waals surface area contributed by atoms with Gasteiger partial charge in [-0.25, -0.2) is 0 Å². The minimum Gasteiger partial charge on any atom is -0.461 e. The number of rotatable bonds is 7. The van der Waals surface area contributed by atoms with Gasteiger partial charge in [0.25, 0.3) is 0 Å². The fraction of sp³-hybridized carbons (Fsp3) is 0.292. The van der Waals surface area contributed by atoms with Gasteiger partial charge in [-0.05, 0) is 24.6 Å². The first-order valence-electron chi connectivity index (χ1n) is 10.3. The standard InChI is InChI=1S/C24H25N3O3/c1-3-4-12-23-19(17-9-6-8-13-22(17)30-23)15-26(2)24(29)16-27-20-11-7-5-10-18(20)21(28)14-25-27/h5-11,13-14H,3-4,12,15-16H2,1-2H3. The van der Waals surface area contributed by atoms with Gasteiger partial charge in [0.05, 0.1) is 11.7 Å². The van der Waals surface area contributed by atoms with Crippen molar-refractivity contribution >= 4 is 27.8 Å². The molecule has 0 saturated heterocycles. The summed E-state index contributed by atoms with van der Waals surface area (Å²) in [6, 6.07) is 15.2. The molecule has 0 unspecified atom stereocenters. The van der Waals surface area contributed by atoms with Crippen LogP contribution in [0.1, 0.15) is 31.1 Å².